The number of nitrogens with one attached hydrogen (secondary N) is 1. The molecule has 9 nitrogen and oxygen atoms in total. The molecule has 1 amide bonds. The molecule has 0 saturated carbocycles. The van der Waals surface area contributed by atoms with E-state index in [1.165, 1.54) is 4.31 Å². The number of amides is 1. The van der Waals surface area contributed by atoms with Gasteiger partial charge in [-0.15, -0.1) is 11.3 Å². The van der Waals surface area contributed by atoms with Crippen LogP contribution in [0.2, 0.25) is 0 Å². The first kappa shape index (κ1) is 22.4. The summed E-state index contributed by atoms with van der Waals surface area (Å²) in [6.45, 7) is 4.66. The second-order valence-corrected chi connectivity index (χ2v) is 10.5. The monoisotopic (exact) mass is 476 g/mol. The summed E-state index contributed by atoms with van der Waals surface area (Å²) in [6.07, 6.45) is 1.25. The van der Waals surface area contributed by atoms with Crippen LogP contribution in [0.15, 0.2) is 44.4 Å². The number of aryl methyl sites for hydroxylation is 1. The summed E-state index contributed by atoms with van der Waals surface area (Å²) < 4.78 is 38.3. The molecule has 4 rings (SSSR count). The summed E-state index contributed by atoms with van der Waals surface area (Å²) in [6, 6.07) is 8.67. The van der Waals surface area contributed by atoms with E-state index in [1.54, 1.807) is 42.6 Å². The van der Waals surface area contributed by atoms with Gasteiger partial charge in [0.25, 0.3) is 10.0 Å². The van der Waals surface area contributed by atoms with Gasteiger partial charge < -0.3 is 14.6 Å². The summed E-state index contributed by atoms with van der Waals surface area (Å²) in [4.78, 5) is 16.9. The molecular weight excluding hydrogens is 452 g/mol. The summed E-state index contributed by atoms with van der Waals surface area (Å²) in [7, 11) is -3.72. The molecular formula is C21H24N4O5S2. The van der Waals surface area contributed by atoms with Crippen molar-refractivity contribution in [2.45, 2.75) is 30.9 Å². The Labute approximate surface area is 190 Å². The molecule has 11 heteroatoms. The number of aromatic nitrogens is 2. The molecule has 2 aromatic heterocycles. The van der Waals surface area contributed by atoms with E-state index in [1.807, 2.05) is 6.92 Å². The molecule has 0 bridgehead atoms. The molecule has 1 saturated heterocycles. The average Bonchev–Trinajstić information content (AvgIpc) is 3.45. The van der Waals surface area contributed by atoms with Crippen molar-refractivity contribution < 1.29 is 22.5 Å². The largest absolute Gasteiger partial charge is 0.494 e. The smallest absolute Gasteiger partial charge is 0.252 e. The summed E-state index contributed by atoms with van der Waals surface area (Å²) in [5.74, 6) is 0.874. The van der Waals surface area contributed by atoms with Crippen molar-refractivity contribution in [3.8, 4) is 17.1 Å². The van der Waals surface area contributed by atoms with Gasteiger partial charge in [0.1, 0.15) is 9.96 Å². The normalized spacial score (nSPS) is 17.2. The number of sulfonamides is 1. The van der Waals surface area contributed by atoms with E-state index in [-0.39, 0.29) is 16.7 Å². The lowest BCUT2D eigenvalue weighted by atomic mass is 9.99. The minimum absolute atomic E-state index is 0.139. The minimum atomic E-state index is -3.72. The summed E-state index contributed by atoms with van der Waals surface area (Å²) >= 11 is 1.11. The third-order valence-corrected chi connectivity index (χ3v) is 8.42. The van der Waals surface area contributed by atoms with E-state index >= 15 is 0 Å². The number of hydrogen-bond acceptors (Lipinski definition) is 8. The van der Waals surface area contributed by atoms with E-state index in [0.717, 1.165) is 17.1 Å². The van der Waals surface area contributed by atoms with Crippen molar-refractivity contribution in [1.82, 2.24) is 14.4 Å². The number of carbonyl (C=O) groups excluding carboxylic acids is 1. The quantitative estimate of drug-likeness (QED) is 0.555. The first-order chi connectivity index (χ1) is 15.4. The molecule has 1 aliphatic heterocycles. The van der Waals surface area contributed by atoms with Crippen LogP contribution in [0.1, 0.15) is 25.7 Å². The highest BCUT2D eigenvalue weighted by atomic mass is 32.2. The molecule has 3 heterocycles. The van der Waals surface area contributed by atoms with Gasteiger partial charge in [-0.25, -0.2) is 8.42 Å². The van der Waals surface area contributed by atoms with Gasteiger partial charge in [0.2, 0.25) is 17.6 Å². The third kappa shape index (κ3) is 4.84. The molecule has 0 radical (unpaired) electrons. The van der Waals surface area contributed by atoms with Crippen molar-refractivity contribution >= 4 is 33.0 Å². The third-order valence-electron chi connectivity index (χ3n) is 5.14. The van der Waals surface area contributed by atoms with Gasteiger partial charge in [-0.05, 0) is 50.1 Å². The molecule has 1 unspecified atom stereocenters. The van der Waals surface area contributed by atoms with Crippen LogP contribution in [0.5, 0.6) is 5.75 Å². The van der Waals surface area contributed by atoms with Crippen molar-refractivity contribution in [2.75, 3.05) is 25.0 Å². The van der Waals surface area contributed by atoms with Gasteiger partial charge in [0, 0.05) is 36.6 Å². The molecule has 32 heavy (non-hydrogen) atoms. The number of anilines is 1. The Morgan fingerprint density at radius 3 is 2.81 bits per heavy atom. The average molecular weight is 477 g/mol. The second kappa shape index (κ2) is 9.39. The highest BCUT2D eigenvalue weighted by Gasteiger charge is 2.34. The Hall–Kier alpha value is -2.76. The van der Waals surface area contributed by atoms with Gasteiger partial charge in [-0.1, -0.05) is 5.16 Å². The van der Waals surface area contributed by atoms with Crippen LogP contribution in [0, 0.1) is 12.8 Å². The molecule has 0 aliphatic carbocycles. The van der Waals surface area contributed by atoms with E-state index in [2.05, 4.69) is 15.5 Å². The maximum absolute atomic E-state index is 13.2. The molecule has 1 aliphatic rings. The van der Waals surface area contributed by atoms with E-state index < -0.39 is 15.9 Å². The molecule has 3 aromatic rings. The van der Waals surface area contributed by atoms with Crippen molar-refractivity contribution in [1.29, 1.82) is 0 Å². The first-order valence-corrected chi connectivity index (χ1v) is 12.6. The molecule has 170 valence electrons. The number of ether oxygens (including phenoxy) is 1. The zero-order valence-corrected chi connectivity index (χ0v) is 19.4. The predicted molar refractivity (Wildman–Crippen MR) is 120 cm³/mol. The van der Waals surface area contributed by atoms with Crippen LogP contribution in [0.3, 0.4) is 0 Å². The van der Waals surface area contributed by atoms with Crippen molar-refractivity contribution in [2.24, 2.45) is 5.92 Å². The van der Waals surface area contributed by atoms with Gasteiger partial charge in [-0.2, -0.15) is 9.29 Å². The van der Waals surface area contributed by atoms with Crippen LogP contribution < -0.4 is 10.1 Å². The Morgan fingerprint density at radius 2 is 2.12 bits per heavy atom. The zero-order valence-electron chi connectivity index (χ0n) is 17.8. The maximum Gasteiger partial charge on any atom is 0.252 e. The highest BCUT2D eigenvalue weighted by molar-refractivity contribution is 7.91. The zero-order chi connectivity index (χ0) is 22.7. The Morgan fingerprint density at radius 1 is 1.34 bits per heavy atom. The molecule has 1 N–H and O–H groups in total. The topological polar surface area (TPSA) is 115 Å². The fourth-order valence-corrected chi connectivity index (χ4v) is 6.37. The number of carbonyl (C=O) groups is 1. The summed E-state index contributed by atoms with van der Waals surface area (Å²) in [5.41, 5.74) is 1.24. The first-order valence-electron chi connectivity index (χ1n) is 10.3. The maximum atomic E-state index is 13.2. The van der Waals surface area contributed by atoms with Crippen molar-refractivity contribution in [3.63, 3.8) is 0 Å². The number of hydrogen-bond donors (Lipinski definition) is 1. The van der Waals surface area contributed by atoms with Gasteiger partial charge in [0.15, 0.2) is 0 Å². The highest BCUT2D eigenvalue weighted by Crippen LogP contribution is 2.31. The van der Waals surface area contributed by atoms with E-state index in [0.29, 0.717) is 49.0 Å². The lowest BCUT2D eigenvalue weighted by molar-refractivity contribution is -0.120. The number of piperidine rings is 1. The lowest BCUT2D eigenvalue weighted by Crippen LogP contribution is -2.43. The van der Waals surface area contributed by atoms with Crippen molar-refractivity contribution in [3.05, 3.63) is 41.6 Å². The van der Waals surface area contributed by atoms with Crippen LogP contribution >= 0.6 is 11.3 Å². The number of thiophene rings is 1. The van der Waals surface area contributed by atoms with Crippen LogP contribution in [-0.2, 0) is 14.8 Å². The Kier molecular flexibility index (Phi) is 6.58. The van der Waals surface area contributed by atoms with Crippen LogP contribution in [-0.4, -0.2) is 48.5 Å². The SMILES string of the molecule is CCOc1ccc(NC(=O)C2CCCN(S(=O)(=O)c3cc(-c4noc(C)n4)cs3)C2)cc1. The van der Waals surface area contributed by atoms with E-state index in [9.17, 15) is 13.2 Å². The summed E-state index contributed by atoms with van der Waals surface area (Å²) in [5, 5.41) is 8.41. The molecule has 1 aromatic carbocycles. The fraction of sp³-hybridized carbons (Fsp3) is 0.381. The Bertz CT molecular complexity index is 1190. The van der Waals surface area contributed by atoms with E-state index in [4.69, 9.17) is 9.26 Å². The number of rotatable bonds is 7. The fourth-order valence-electron chi connectivity index (χ4n) is 3.53. The van der Waals surface area contributed by atoms with Gasteiger partial charge in [-0.3, -0.25) is 4.79 Å². The minimum Gasteiger partial charge on any atom is -0.494 e. The number of benzene rings is 1. The van der Waals surface area contributed by atoms with Gasteiger partial charge in [0.05, 0.1) is 12.5 Å². The van der Waals surface area contributed by atoms with Gasteiger partial charge >= 0.3 is 0 Å². The molecule has 0 spiro atoms. The predicted octanol–water partition coefficient (Wildman–Crippen LogP) is 3.54. The van der Waals surface area contributed by atoms with Crippen LogP contribution in [0.25, 0.3) is 11.4 Å². The van der Waals surface area contributed by atoms with Crippen LogP contribution in [0.4, 0.5) is 5.69 Å². The second-order valence-electron chi connectivity index (χ2n) is 7.44. The number of nitrogens with zero attached hydrogens (tertiary/aromatic N) is 3. The Balaban J connectivity index is 1.43. The molecule has 1 fully saturated rings. The standard InChI is InChI=1S/C21H24N4O5S2/c1-3-29-18-8-6-17(7-9-18)23-21(26)15-5-4-10-25(12-15)32(27,28)19-11-16(13-31-19)20-22-14(2)30-24-20/h6-9,11,13,15H,3-5,10,12H2,1-2H3,(H,23,26). The lowest BCUT2D eigenvalue weighted by Gasteiger charge is -2.30. The molecule has 1 atom stereocenters.